The predicted molar refractivity (Wildman–Crippen MR) is 49.5 cm³/mol. The topological polar surface area (TPSA) is 74.2 Å². The van der Waals surface area contributed by atoms with Crippen molar-refractivity contribution in [2.75, 3.05) is 5.73 Å². The molecule has 14 heavy (non-hydrogen) atoms. The Bertz CT molecular complexity index is 383. The van der Waals surface area contributed by atoms with E-state index >= 15 is 0 Å². The summed E-state index contributed by atoms with van der Waals surface area (Å²) in [6, 6.07) is 6.91. The number of hydrogen-bond donors (Lipinski definition) is 1. The molecule has 2 heterocycles. The number of aromatic nitrogens is 2. The second-order valence-electron chi connectivity index (χ2n) is 2.66. The Morgan fingerprint density at radius 2 is 2.21 bits per heavy atom. The van der Waals surface area contributed by atoms with Crippen LogP contribution in [-0.4, -0.2) is 10.2 Å². The van der Waals surface area contributed by atoms with Crippen molar-refractivity contribution in [2.24, 2.45) is 0 Å². The summed E-state index contributed by atoms with van der Waals surface area (Å²) in [5, 5.41) is 7.39. The lowest BCUT2D eigenvalue weighted by atomic mass is 10.5. The molecule has 2 N–H and O–H groups in total. The molecule has 5 heteroatoms. The van der Waals surface area contributed by atoms with Crippen LogP contribution in [0.25, 0.3) is 0 Å². The largest absolute Gasteiger partial charge is 0.468 e. The number of furan rings is 1. The maximum absolute atomic E-state index is 5.37. The van der Waals surface area contributed by atoms with Gasteiger partial charge >= 0.3 is 0 Å². The first-order chi connectivity index (χ1) is 6.84. The first-order valence-electron chi connectivity index (χ1n) is 4.09. The molecule has 0 saturated heterocycles. The minimum Gasteiger partial charge on any atom is -0.468 e. The number of nitrogens with two attached hydrogens (primary N) is 1. The zero-order valence-corrected chi connectivity index (χ0v) is 7.38. The number of hydrogen-bond acceptors (Lipinski definition) is 5. The summed E-state index contributed by atoms with van der Waals surface area (Å²) < 4.78 is 10.4. The number of rotatable bonds is 3. The van der Waals surface area contributed by atoms with Gasteiger partial charge in [-0.15, -0.1) is 10.2 Å². The van der Waals surface area contributed by atoms with Crippen molar-refractivity contribution in [1.82, 2.24) is 10.2 Å². The maximum atomic E-state index is 5.37. The Labute approximate surface area is 80.5 Å². The summed E-state index contributed by atoms with van der Waals surface area (Å²) in [6.07, 6.45) is 1.59. The third-order valence-electron chi connectivity index (χ3n) is 1.60. The van der Waals surface area contributed by atoms with Crippen molar-refractivity contribution < 1.29 is 9.15 Å². The molecule has 2 aromatic rings. The zero-order valence-electron chi connectivity index (χ0n) is 7.38. The van der Waals surface area contributed by atoms with E-state index in [9.17, 15) is 0 Å². The highest BCUT2D eigenvalue weighted by molar-refractivity contribution is 5.27. The van der Waals surface area contributed by atoms with E-state index in [-0.39, 0.29) is 0 Å². The lowest BCUT2D eigenvalue weighted by molar-refractivity contribution is 0.258. The monoisotopic (exact) mass is 191 g/mol. The van der Waals surface area contributed by atoms with Crippen LogP contribution in [-0.2, 0) is 6.61 Å². The van der Waals surface area contributed by atoms with Gasteiger partial charge in [0.2, 0.25) is 5.88 Å². The summed E-state index contributed by atoms with van der Waals surface area (Å²) in [5.74, 6) is 1.54. The van der Waals surface area contributed by atoms with Crippen LogP contribution in [0.4, 0.5) is 5.82 Å². The van der Waals surface area contributed by atoms with Crippen LogP contribution in [0, 0.1) is 0 Å². The summed E-state index contributed by atoms with van der Waals surface area (Å²) in [4.78, 5) is 0. The third kappa shape index (κ3) is 2.01. The summed E-state index contributed by atoms with van der Waals surface area (Å²) in [6.45, 7) is 0.339. The Kier molecular flexibility index (Phi) is 2.31. The van der Waals surface area contributed by atoms with Crippen molar-refractivity contribution in [3.8, 4) is 5.88 Å². The van der Waals surface area contributed by atoms with Crippen molar-refractivity contribution in [1.29, 1.82) is 0 Å². The van der Waals surface area contributed by atoms with Crippen LogP contribution >= 0.6 is 0 Å². The molecular formula is C9H9N3O2. The van der Waals surface area contributed by atoms with Gasteiger partial charge in [-0.2, -0.15) is 0 Å². The predicted octanol–water partition coefficient (Wildman–Crippen LogP) is 1.23. The molecular weight excluding hydrogens is 182 g/mol. The van der Waals surface area contributed by atoms with E-state index in [1.54, 1.807) is 24.5 Å². The molecule has 0 aromatic carbocycles. The first kappa shape index (κ1) is 8.55. The molecule has 0 atom stereocenters. The SMILES string of the molecule is Nc1ccc(OCc2ccco2)nn1. The minimum atomic E-state index is 0.339. The van der Waals surface area contributed by atoms with Crippen LogP contribution in [0.15, 0.2) is 34.9 Å². The second kappa shape index (κ2) is 3.78. The lowest BCUT2D eigenvalue weighted by Crippen LogP contribution is -1.98. The fraction of sp³-hybridized carbons (Fsp3) is 0.111. The summed E-state index contributed by atoms with van der Waals surface area (Å²) in [5.41, 5.74) is 5.37. The number of nitrogens with zero attached hydrogens (tertiary/aromatic N) is 2. The molecule has 2 aromatic heterocycles. The Hall–Kier alpha value is -2.04. The normalized spacial score (nSPS) is 10.0. The standard InChI is InChI=1S/C9H9N3O2/c10-8-3-4-9(12-11-8)14-6-7-2-1-5-13-7/h1-5H,6H2,(H2,10,11). The average Bonchev–Trinajstić information content (AvgIpc) is 2.70. The zero-order chi connectivity index (χ0) is 9.80. The first-order valence-corrected chi connectivity index (χ1v) is 4.09. The minimum absolute atomic E-state index is 0.339. The van der Waals surface area contributed by atoms with E-state index in [1.807, 2.05) is 6.07 Å². The van der Waals surface area contributed by atoms with Gasteiger partial charge in [-0.05, 0) is 18.2 Å². The fourth-order valence-corrected chi connectivity index (χ4v) is 0.947. The van der Waals surface area contributed by atoms with Gasteiger partial charge in [-0.25, -0.2) is 0 Å². The highest BCUT2D eigenvalue weighted by Crippen LogP contribution is 2.09. The van der Waals surface area contributed by atoms with E-state index < -0.39 is 0 Å². The molecule has 0 spiro atoms. The van der Waals surface area contributed by atoms with Gasteiger partial charge in [-0.1, -0.05) is 0 Å². The maximum Gasteiger partial charge on any atom is 0.233 e. The van der Waals surface area contributed by atoms with E-state index in [4.69, 9.17) is 14.9 Å². The van der Waals surface area contributed by atoms with E-state index in [0.717, 1.165) is 5.76 Å². The van der Waals surface area contributed by atoms with Gasteiger partial charge in [0, 0.05) is 6.07 Å². The van der Waals surface area contributed by atoms with Gasteiger partial charge < -0.3 is 14.9 Å². The molecule has 2 rings (SSSR count). The Morgan fingerprint density at radius 3 is 2.86 bits per heavy atom. The molecule has 0 aliphatic rings. The molecule has 0 bridgehead atoms. The molecule has 0 unspecified atom stereocenters. The Morgan fingerprint density at radius 1 is 1.29 bits per heavy atom. The molecule has 0 aliphatic carbocycles. The van der Waals surface area contributed by atoms with E-state index in [2.05, 4.69) is 10.2 Å². The fourth-order valence-electron chi connectivity index (χ4n) is 0.947. The van der Waals surface area contributed by atoms with Gasteiger partial charge in [0.15, 0.2) is 0 Å². The smallest absolute Gasteiger partial charge is 0.233 e. The van der Waals surface area contributed by atoms with Crippen molar-refractivity contribution in [3.05, 3.63) is 36.3 Å². The molecule has 0 radical (unpaired) electrons. The lowest BCUT2D eigenvalue weighted by Gasteiger charge is -2.01. The van der Waals surface area contributed by atoms with E-state index in [1.165, 1.54) is 0 Å². The van der Waals surface area contributed by atoms with Gasteiger partial charge in [0.05, 0.1) is 6.26 Å². The molecule has 5 nitrogen and oxygen atoms in total. The quantitative estimate of drug-likeness (QED) is 0.789. The highest BCUT2D eigenvalue weighted by Gasteiger charge is 1.99. The van der Waals surface area contributed by atoms with Gasteiger partial charge in [0.25, 0.3) is 0 Å². The molecule has 0 amide bonds. The summed E-state index contributed by atoms with van der Waals surface area (Å²) >= 11 is 0. The molecule has 0 fully saturated rings. The average molecular weight is 191 g/mol. The number of anilines is 1. The van der Waals surface area contributed by atoms with Crippen LogP contribution < -0.4 is 10.5 Å². The van der Waals surface area contributed by atoms with Crippen LogP contribution in [0.1, 0.15) is 5.76 Å². The van der Waals surface area contributed by atoms with Crippen molar-refractivity contribution in [2.45, 2.75) is 6.61 Å². The molecule has 0 saturated carbocycles. The van der Waals surface area contributed by atoms with Gasteiger partial charge in [0.1, 0.15) is 18.2 Å². The van der Waals surface area contributed by atoms with E-state index in [0.29, 0.717) is 18.3 Å². The number of ether oxygens (including phenoxy) is 1. The molecule has 0 aliphatic heterocycles. The summed E-state index contributed by atoms with van der Waals surface area (Å²) in [7, 11) is 0. The third-order valence-corrected chi connectivity index (χ3v) is 1.60. The number of nitrogen functional groups attached to an aromatic ring is 1. The highest BCUT2D eigenvalue weighted by atomic mass is 16.5. The second-order valence-corrected chi connectivity index (χ2v) is 2.66. The Balaban J connectivity index is 1.95. The van der Waals surface area contributed by atoms with Gasteiger partial charge in [-0.3, -0.25) is 0 Å². The van der Waals surface area contributed by atoms with Crippen LogP contribution in [0.2, 0.25) is 0 Å². The van der Waals surface area contributed by atoms with Crippen molar-refractivity contribution >= 4 is 5.82 Å². The van der Waals surface area contributed by atoms with Crippen LogP contribution in [0.5, 0.6) is 5.88 Å². The molecule has 72 valence electrons. The van der Waals surface area contributed by atoms with Crippen molar-refractivity contribution in [3.63, 3.8) is 0 Å². The van der Waals surface area contributed by atoms with Crippen LogP contribution in [0.3, 0.4) is 0 Å².